The summed E-state index contributed by atoms with van der Waals surface area (Å²) in [7, 11) is 0. The van der Waals surface area contributed by atoms with Gasteiger partial charge in [-0.15, -0.1) is 0 Å². The SMILES string of the molecule is O=C(NCC#Cc1ccccn1)C(O)(c1ccccc1)c1ccccc1. The van der Waals surface area contributed by atoms with Crippen molar-refractivity contribution in [2.24, 2.45) is 0 Å². The van der Waals surface area contributed by atoms with Crippen molar-refractivity contribution >= 4 is 5.91 Å². The Morgan fingerprint density at radius 3 is 2.04 bits per heavy atom. The average Bonchev–Trinajstić information content (AvgIpc) is 2.72. The molecule has 0 saturated carbocycles. The lowest BCUT2D eigenvalue weighted by Crippen LogP contribution is -2.45. The smallest absolute Gasteiger partial charge is 0.262 e. The Morgan fingerprint density at radius 1 is 0.923 bits per heavy atom. The molecule has 1 heterocycles. The fraction of sp³-hybridized carbons (Fsp3) is 0.0909. The molecule has 0 radical (unpaired) electrons. The van der Waals surface area contributed by atoms with Crippen LogP contribution in [-0.4, -0.2) is 22.5 Å². The van der Waals surface area contributed by atoms with Gasteiger partial charge in [-0.3, -0.25) is 4.79 Å². The Hall–Kier alpha value is -3.42. The van der Waals surface area contributed by atoms with Crippen LogP contribution in [0.25, 0.3) is 0 Å². The second-order valence-electron chi connectivity index (χ2n) is 5.64. The topological polar surface area (TPSA) is 62.2 Å². The van der Waals surface area contributed by atoms with Gasteiger partial charge in [-0.05, 0) is 29.2 Å². The summed E-state index contributed by atoms with van der Waals surface area (Å²) in [6.07, 6.45) is 1.66. The van der Waals surface area contributed by atoms with Crippen molar-refractivity contribution < 1.29 is 9.90 Å². The molecule has 128 valence electrons. The molecule has 0 fully saturated rings. The summed E-state index contributed by atoms with van der Waals surface area (Å²) >= 11 is 0. The summed E-state index contributed by atoms with van der Waals surface area (Å²) in [5.41, 5.74) is -0.152. The number of amides is 1. The molecule has 0 bridgehead atoms. The maximum absolute atomic E-state index is 12.8. The van der Waals surface area contributed by atoms with Crippen LogP contribution in [0.5, 0.6) is 0 Å². The number of carbonyl (C=O) groups excluding carboxylic acids is 1. The molecule has 0 aliphatic carbocycles. The number of nitrogens with zero attached hydrogens (tertiary/aromatic N) is 1. The molecule has 3 rings (SSSR count). The maximum atomic E-state index is 12.8. The van der Waals surface area contributed by atoms with Crippen LogP contribution in [0.15, 0.2) is 85.1 Å². The second kappa shape index (κ2) is 8.11. The zero-order valence-corrected chi connectivity index (χ0v) is 14.1. The molecule has 2 aromatic carbocycles. The normalized spacial score (nSPS) is 10.5. The highest BCUT2D eigenvalue weighted by molar-refractivity contribution is 5.90. The molecule has 26 heavy (non-hydrogen) atoms. The van der Waals surface area contributed by atoms with Gasteiger partial charge in [-0.25, -0.2) is 4.98 Å². The van der Waals surface area contributed by atoms with Gasteiger partial charge in [-0.1, -0.05) is 72.7 Å². The van der Waals surface area contributed by atoms with Crippen LogP contribution in [0.3, 0.4) is 0 Å². The lowest BCUT2D eigenvalue weighted by atomic mass is 9.85. The molecular weight excluding hydrogens is 324 g/mol. The van der Waals surface area contributed by atoms with Crippen LogP contribution in [-0.2, 0) is 10.4 Å². The van der Waals surface area contributed by atoms with Gasteiger partial charge in [0.2, 0.25) is 0 Å². The van der Waals surface area contributed by atoms with Crippen LogP contribution in [0, 0.1) is 11.8 Å². The Morgan fingerprint density at radius 2 is 1.50 bits per heavy atom. The number of hydrogen-bond donors (Lipinski definition) is 2. The Bertz CT molecular complexity index is 874. The molecule has 1 aromatic heterocycles. The quantitative estimate of drug-likeness (QED) is 0.716. The Labute approximate surface area is 152 Å². The van der Waals surface area contributed by atoms with Crippen molar-refractivity contribution in [3.63, 3.8) is 0 Å². The minimum atomic E-state index is -1.78. The van der Waals surface area contributed by atoms with E-state index in [2.05, 4.69) is 22.1 Å². The number of pyridine rings is 1. The molecule has 1 amide bonds. The summed E-state index contributed by atoms with van der Waals surface area (Å²) in [5, 5.41) is 14.0. The van der Waals surface area contributed by atoms with E-state index in [-0.39, 0.29) is 6.54 Å². The van der Waals surface area contributed by atoms with Crippen molar-refractivity contribution in [3.05, 3.63) is 102 Å². The summed E-state index contributed by atoms with van der Waals surface area (Å²) < 4.78 is 0. The van der Waals surface area contributed by atoms with Crippen LogP contribution in [0.4, 0.5) is 0 Å². The lowest BCUT2D eigenvalue weighted by Gasteiger charge is -2.27. The van der Waals surface area contributed by atoms with E-state index in [9.17, 15) is 9.90 Å². The van der Waals surface area contributed by atoms with E-state index < -0.39 is 11.5 Å². The molecule has 0 saturated heterocycles. The molecule has 4 heteroatoms. The number of nitrogens with one attached hydrogen (secondary N) is 1. The van der Waals surface area contributed by atoms with Gasteiger partial charge in [0.05, 0.1) is 6.54 Å². The van der Waals surface area contributed by atoms with Gasteiger partial charge in [-0.2, -0.15) is 0 Å². The van der Waals surface area contributed by atoms with Crippen molar-refractivity contribution in [3.8, 4) is 11.8 Å². The molecule has 0 aliphatic heterocycles. The highest BCUT2D eigenvalue weighted by Crippen LogP contribution is 2.29. The summed E-state index contributed by atoms with van der Waals surface area (Å²) in [6.45, 7) is 0.109. The second-order valence-corrected chi connectivity index (χ2v) is 5.64. The highest BCUT2D eigenvalue weighted by atomic mass is 16.3. The first-order valence-corrected chi connectivity index (χ1v) is 8.23. The predicted molar refractivity (Wildman–Crippen MR) is 100 cm³/mol. The standard InChI is InChI=1S/C22H18N2O2/c25-21(24-17-9-15-20-14-7-8-16-23-20)22(26,18-10-3-1-4-11-18)19-12-5-2-6-13-19/h1-8,10-14,16,26H,17H2,(H,24,25). The van der Waals surface area contributed by atoms with Crippen molar-refractivity contribution in [1.82, 2.24) is 10.3 Å². The Balaban J connectivity index is 1.82. The van der Waals surface area contributed by atoms with Gasteiger partial charge in [0.1, 0.15) is 5.69 Å². The third kappa shape index (κ3) is 3.80. The summed E-state index contributed by atoms with van der Waals surface area (Å²) in [4.78, 5) is 16.9. The first kappa shape index (κ1) is 17.4. The highest BCUT2D eigenvalue weighted by Gasteiger charge is 2.39. The van der Waals surface area contributed by atoms with Gasteiger partial charge in [0.15, 0.2) is 5.60 Å². The van der Waals surface area contributed by atoms with Crippen LogP contribution in [0.1, 0.15) is 16.8 Å². The van der Waals surface area contributed by atoms with Crippen LogP contribution in [0.2, 0.25) is 0 Å². The average molecular weight is 342 g/mol. The number of aromatic nitrogens is 1. The van der Waals surface area contributed by atoms with E-state index in [4.69, 9.17) is 0 Å². The van der Waals surface area contributed by atoms with Gasteiger partial charge >= 0.3 is 0 Å². The van der Waals surface area contributed by atoms with E-state index >= 15 is 0 Å². The molecule has 0 unspecified atom stereocenters. The van der Waals surface area contributed by atoms with E-state index in [1.807, 2.05) is 24.3 Å². The van der Waals surface area contributed by atoms with Crippen molar-refractivity contribution in [2.75, 3.05) is 6.54 Å². The first-order chi connectivity index (χ1) is 12.7. The largest absolute Gasteiger partial charge is 0.372 e. The fourth-order valence-electron chi connectivity index (χ4n) is 2.61. The number of hydrogen-bond acceptors (Lipinski definition) is 3. The Kier molecular flexibility index (Phi) is 5.43. The van der Waals surface area contributed by atoms with E-state index in [0.29, 0.717) is 16.8 Å². The number of aliphatic hydroxyl groups is 1. The molecule has 2 N–H and O–H groups in total. The van der Waals surface area contributed by atoms with Crippen molar-refractivity contribution in [1.29, 1.82) is 0 Å². The maximum Gasteiger partial charge on any atom is 0.262 e. The van der Waals surface area contributed by atoms with Gasteiger partial charge in [0.25, 0.3) is 5.91 Å². The summed E-state index contributed by atoms with van der Waals surface area (Å²) in [6, 6.07) is 23.2. The minimum Gasteiger partial charge on any atom is -0.372 e. The number of carbonyl (C=O) groups is 1. The zero-order chi connectivity index (χ0) is 18.2. The van der Waals surface area contributed by atoms with E-state index in [0.717, 1.165) is 0 Å². The summed E-state index contributed by atoms with van der Waals surface area (Å²) in [5.74, 6) is 5.20. The van der Waals surface area contributed by atoms with E-state index in [1.54, 1.807) is 60.8 Å². The van der Waals surface area contributed by atoms with Crippen LogP contribution < -0.4 is 5.32 Å². The monoisotopic (exact) mass is 342 g/mol. The lowest BCUT2D eigenvalue weighted by molar-refractivity contribution is -0.136. The number of rotatable bonds is 4. The molecule has 3 aromatic rings. The zero-order valence-electron chi connectivity index (χ0n) is 14.1. The molecule has 0 atom stereocenters. The van der Waals surface area contributed by atoms with Gasteiger partial charge < -0.3 is 10.4 Å². The van der Waals surface area contributed by atoms with Gasteiger partial charge in [0, 0.05) is 6.20 Å². The molecule has 0 aliphatic rings. The molecular formula is C22H18N2O2. The first-order valence-electron chi connectivity index (χ1n) is 8.23. The fourth-order valence-corrected chi connectivity index (χ4v) is 2.61. The van der Waals surface area contributed by atoms with Crippen molar-refractivity contribution in [2.45, 2.75) is 5.60 Å². The minimum absolute atomic E-state index is 0.109. The molecule has 0 spiro atoms. The number of benzene rings is 2. The van der Waals surface area contributed by atoms with Crippen LogP contribution >= 0.6 is 0 Å². The predicted octanol–water partition coefficient (Wildman–Crippen LogP) is 2.49. The molecule has 4 nitrogen and oxygen atoms in total. The third-order valence-corrected chi connectivity index (χ3v) is 3.93. The third-order valence-electron chi connectivity index (χ3n) is 3.93. The van der Waals surface area contributed by atoms with E-state index in [1.165, 1.54) is 0 Å².